The van der Waals surface area contributed by atoms with Crippen molar-refractivity contribution in [2.24, 2.45) is 0 Å². The van der Waals surface area contributed by atoms with Gasteiger partial charge in [-0.05, 0) is 56.2 Å². The quantitative estimate of drug-likeness (QED) is 0.898. The van der Waals surface area contributed by atoms with E-state index in [9.17, 15) is 5.11 Å². The van der Waals surface area contributed by atoms with E-state index in [0.717, 1.165) is 17.2 Å². The molecule has 1 aliphatic carbocycles. The number of thiazole rings is 1. The highest BCUT2D eigenvalue weighted by atomic mass is 32.1. The maximum absolute atomic E-state index is 9.36. The zero-order valence-corrected chi connectivity index (χ0v) is 13.2. The van der Waals surface area contributed by atoms with Gasteiger partial charge in [0.25, 0.3) is 0 Å². The third-order valence-corrected chi connectivity index (χ3v) is 5.15. The summed E-state index contributed by atoms with van der Waals surface area (Å²) in [6.07, 6.45) is 4.88. The summed E-state index contributed by atoms with van der Waals surface area (Å²) < 4.78 is 0. The second-order valence-electron chi connectivity index (χ2n) is 5.88. The fourth-order valence-corrected chi connectivity index (χ4v) is 3.73. The van der Waals surface area contributed by atoms with Gasteiger partial charge in [-0.1, -0.05) is 12.1 Å². The number of aromatic nitrogens is 1. The molecule has 1 aliphatic rings. The molecule has 0 saturated heterocycles. The van der Waals surface area contributed by atoms with E-state index < -0.39 is 0 Å². The molecule has 0 amide bonds. The van der Waals surface area contributed by atoms with Crippen molar-refractivity contribution < 1.29 is 5.11 Å². The first kappa shape index (κ1) is 14.5. The summed E-state index contributed by atoms with van der Waals surface area (Å²) in [6.45, 7) is 2.94. The number of aromatic hydroxyl groups is 1. The maximum atomic E-state index is 9.36. The lowest BCUT2D eigenvalue weighted by molar-refractivity contribution is 0.340. The van der Waals surface area contributed by atoms with Crippen LogP contribution in [0.5, 0.6) is 5.75 Å². The molecule has 4 heteroatoms. The molecule has 0 aliphatic heterocycles. The summed E-state index contributed by atoms with van der Waals surface area (Å²) in [5.41, 5.74) is 2.53. The second kappa shape index (κ2) is 6.58. The predicted molar refractivity (Wildman–Crippen MR) is 86.8 cm³/mol. The van der Waals surface area contributed by atoms with Gasteiger partial charge in [0.1, 0.15) is 5.75 Å². The van der Waals surface area contributed by atoms with E-state index in [4.69, 9.17) is 0 Å². The normalized spacial score (nSPS) is 22.3. The topological polar surface area (TPSA) is 45.2 Å². The molecule has 2 aromatic rings. The van der Waals surface area contributed by atoms with E-state index in [0.29, 0.717) is 17.7 Å². The molecular formula is C17H22N2OS. The average molecular weight is 302 g/mol. The molecule has 0 radical (unpaired) electrons. The van der Waals surface area contributed by atoms with Crippen molar-refractivity contribution in [2.75, 3.05) is 0 Å². The minimum absolute atomic E-state index is 0.354. The lowest BCUT2D eigenvalue weighted by atomic mass is 9.82. The molecule has 0 spiro atoms. The fraction of sp³-hybridized carbons (Fsp3) is 0.471. The summed E-state index contributed by atoms with van der Waals surface area (Å²) in [5.74, 6) is 0.998. The summed E-state index contributed by atoms with van der Waals surface area (Å²) in [6, 6.07) is 8.33. The van der Waals surface area contributed by atoms with E-state index in [-0.39, 0.29) is 0 Å². The van der Waals surface area contributed by atoms with Crippen LogP contribution >= 0.6 is 11.3 Å². The number of phenolic OH excluding ortho intramolecular Hbond substituents is 1. The highest BCUT2D eigenvalue weighted by Gasteiger charge is 2.22. The molecule has 112 valence electrons. The first-order valence-corrected chi connectivity index (χ1v) is 8.52. The number of aryl methyl sites for hydroxylation is 1. The van der Waals surface area contributed by atoms with Gasteiger partial charge < -0.3 is 10.4 Å². The number of rotatable bonds is 4. The molecule has 2 N–H and O–H groups in total. The smallest absolute Gasteiger partial charge is 0.115 e. The van der Waals surface area contributed by atoms with Crippen LogP contribution in [-0.4, -0.2) is 16.1 Å². The average Bonchev–Trinajstić information content (AvgIpc) is 2.92. The van der Waals surface area contributed by atoms with Crippen molar-refractivity contribution >= 4 is 11.3 Å². The van der Waals surface area contributed by atoms with E-state index in [1.54, 1.807) is 23.5 Å². The van der Waals surface area contributed by atoms with Crippen LogP contribution in [-0.2, 0) is 6.54 Å². The Bertz CT molecular complexity index is 571. The molecule has 3 rings (SSSR count). The molecule has 1 fully saturated rings. The maximum Gasteiger partial charge on any atom is 0.115 e. The number of phenols is 1. The Morgan fingerprint density at radius 3 is 2.52 bits per heavy atom. The van der Waals surface area contributed by atoms with Crippen LogP contribution in [0, 0.1) is 6.92 Å². The van der Waals surface area contributed by atoms with Gasteiger partial charge in [0.15, 0.2) is 0 Å². The molecule has 3 nitrogen and oxygen atoms in total. The molecule has 21 heavy (non-hydrogen) atoms. The summed E-state index contributed by atoms with van der Waals surface area (Å²) in [7, 11) is 0. The molecule has 0 atom stereocenters. The van der Waals surface area contributed by atoms with Crippen LogP contribution in [0.2, 0.25) is 0 Å². The molecule has 0 bridgehead atoms. The van der Waals surface area contributed by atoms with Crippen molar-refractivity contribution in [2.45, 2.75) is 51.1 Å². The van der Waals surface area contributed by atoms with Crippen LogP contribution in [0.1, 0.15) is 47.9 Å². The van der Waals surface area contributed by atoms with Crippen molar-refractivity contribution in [3.8, 4) is 5.75 Å². The van der Waals surface area contributed by atoms with Crippen LogP contribution in [0.15, 0.2) is 29.6 Å². The zero-order chi connectivity index (χ0) is 14.7. The fourth-order valence-electron chi connectivity index (χ4n) is 3.12. The lowest BCUT2D eigenvalue weighted by Gasteiger charge is -2.29. The van der Waals surface area contributed by atoms with Gasteiger partial charge in [-0.3, -0.25) is 0 Å². The van der Waals surface area contributed by atoms with Gasteiger partial charge in [-0.15, -0.1) is 11.3 Å². The Labute approximate surface area is 130 Å². The Morgan fingerprint density at radius 2 is 1.90 bits per heavy atom. The van der Waals surface area contributed by atoms with Gasteiger partial charge >= 0.3 is 0 Å². The van der Waals surface area contributed by atoms with Gasteiger partial charge in [0, 0.05) is 18.0 Å². The van der Waals surface area contributed by atoms with E-state index >= 15 is 0 Å². The Balaban J connectivity index is 1.47. The predicted octanol–water partition coefficient (Wildman–Crippen LogP) is 3.97. The Morgan fingerprint density at radius 1 is 1.19 bits per heavy atom. The van der Waals surface area contributed by atoms with Crippen LogP contribution in [0.3, 0.4) is 0 Å². The Hall–Kier alpha value is -1.39. The molecule has 1 aromatic carbocycles. The minimum Gasteiger partial charge on any atom is -0.508 e. The standard InChI is InChI=1S/C17H22N2OS/c1-12-19-16(11-21-12)10-18-15-6-2-13(3-7-15)14-4-8-17(20)9-5-14/h4-5,8-9,11,13,15,18,20H,2-3,6-7,10H2,1H3. The van der Waals surface area contributed by atoms with E-state index in [1.165, 1.54) is 31.2 Å². The van der Waals surface area contributed by atoms with Crippen molar-refractivity contribution in [3.05, 3.63) is 45.9 Å². The van der Waals surface area contributed by atoms with Crippen LogP contribution in [0.25, 0.3) is 0 Å². The van der Waals surface area contributed by atoms with Gasteiger partial charge in [-0.2, -0.15) is 0 Å². The SMILES string of the molecule is Cc1nc(CNC2CCC(c3ccc(O)cc3)CC2)cs1. The van der Waals surface area contributed by atoms with Gasteiger partial charge in [-0.25, -0.2) is 4.98 Å². The summed E-state index contributed by atoms with van der Waals surface area (Å²) in [4.78, 5) is 4.50. The molecule has 0 unspecified atom stereocenters. The first-order valence-electron chi connectivity index (χ1n) is 7.64. The molecule has 1 saturated carbocycles. The monoisotopic (exact) mass is 302 g/mol. The van der Waals surface area contributed by atoms with Crippen LogP contribution in [0.4, 0.5) is 0 Å². The van der Waals surface area contributed by atoms with E-state index in [1.807, 2.05) is 0 Å². The zero-order valence-electron chi connectivity index (χ0n) is 12.4. The number of hydrogen-bond acceptors (Lipinski definition) is 4. The highest BCUT2D eigenvalue weighted by Crippen LogP contribution is 2.33. The lowest BCUT2D eigenvalue weighted by Crippen LogP contribution is -2.32. The van der Waals surface area contributed by atoms with Crippen molar-refractivity contribution in [1.82, 2.24) is 10.3 Å². The Kier molecular flexibility index (Phi) is 4.56. The molecular weight excluding hydrogens is 280 g/mol. The molecule has 1 aromatic heterocycles. The summed E-state index contributed by atoms with van der Waals surface area (Å²) >= 11 is 1.72. The molecule has 1 heterocycles. The third-order valence-electron chi connectivity index (χ3n) is 4.33. The van der Waals surface area contributed by atoms with Crippen molar-refractivity contribution in [3.63, 3.8) is 0 Å². The van der Waals surface area contributed by atoms with E-state index in [2.05, 4.69) is 34.7 Å². The van der Waals surface area contributed by atoms with Gasteiger partial charge in [0.2, 0.25) is 0 Å². The number of hydrogen-bond donors (Lipinski definition) is 2. The number of nitrogens with one attached hydrogen (secondary N) is 1. The third kappa shape index (κ3) is 3.83. The first-order chi connectivity index (χ1) is 10.2. The number of nitrogens with zero attached hydrogens (tertiary/aromatic N) is 1. The summed E-state index contributed by atoms with van der Waals surface area (Å²) in [5, 5.41) is 16.3. The largest absolute Gasteiger partial charge is 0.508 e. The second-order valence-corrected chi connectivity index (χ2v) is 6.94. The minimum atomic E-state index is 0.354. The van der Waals surface area contributed by atoms with Crippen LogP contribution < -0.4 is 5.32 Å². The number of benzene rings is 1. The van der Waals surface area contributed by atoms with Gasteiger partial charge in [0.05, 0.1) is 10.7 Å². The highest BCUT2D eigenvalue weighted by molar-refractivity contribution is 7.09. The van der Waals surface area contributed by atoms with Crippen molar-refractivity contribution in [1.29, 1.82) is 0 Å².